The molecule has 32 heavy (non-hydrogen) atoms. The number of hydrogen-bond acceptors (Lipinski definition) is 5. The molecule has 0 saturated heterocycles. The number of carbonyl (C=O) groups is 1. The van der Waals surface area contributed by atoms with Crippen LogP contribution in [0.1, 0.15) is 17.3 Å². The molecule has 3 aromatic carbocycles. The predicted molar refractivity (Wildman–Crippen MR) is 123 cm³/mol. The maximum atomic E-state index is 13.1. The number of nitro groups is 1. The van der Waals surface area contributed by atoms with Crippen LogP contribution in [0.5, 0.6) is 0 Å². The van der Waals surface area contributed by atoms with Crippen molar-refractivity contribution in [3.05, 3.63) is 99.6 Å². The van der Waals surface area contributed by atoms with E-state index >= 15 is 0 Å². The van der Waals surface area contributed by atoms with E-state index in [1.165, 1.54) is 12.1 Å². The van der Waals surface area contributed by atoms with Gasteiger partial charge in [-0.25, -0.2) is 4.79 Å². The fourth-order valence-electron chi connectivity index (χ4n) is 3.45. The molecule has 0 aliphatic carbocycles. The summed E-state index contributed by atoms with van der Waals surface area (Å²) in [5.41, 5.74) is 2.71. The molecule has 4 rings (SSSR count). The summed E-state index contributed by atoms with van der Waals surface area (Å²) in [6, 6.07) is 22.3. The molecule has 0 unspecified atom stereocenters. The van der Waals surface area contributed by atoms with Crippen molar-refractivity contribution in [1.82, 2.24) is 0 Å². The van der Waals surface area contributed by atoms with Crippen LogP contribution in [0.3, 0.4) is 0 Å². The molecule has 0 radical (unpaired) electrons. The Kier molecular flexibility index (Phi) is 6.05. The molecule has 0 saturated carbocycles. The lowest BCUT2D eigenvalue weighted by molar-refractivity contribution is -0.384. The average molecular weight is 448 g/mol. The predicted octanol–water partition coefficient (Wildman–Crippen LogP) is 7.02. The van der Waals surface area contributed by atoms with E-state index in [0.29, 0.717) is 38.8 Å². The second-order valence-electron chi connectivity index (χ2n) is 6.91. The Labute approximate surface area is 189 Å². The average Bonchev–Trinajstić information content (AvgIpc) is 3.21. The highest BCUT2D eigenvalue weighted by atomic mass is 35.5. The van der Waals surface area contributed by atoms with E-state index < -0.39 is 10.9 Å². The number of non-ortho nitro benzene ring substituents is 1. The molecule has 6 nitrogen and oxygen atoms in total. The highest BCUT2D eigenvalue weighted by Crippen LogP contribution is 2.44. The minimum absolute atomic E-state index is 0.0498. The zero-order chi connectivity index (χ0) is 22.7. The summed E-state index contributed by atoms with van der Waals surface area (Å²) < 4.78 is 11.6. The van der Waals surface area contributed by atoms with Gasteiger partial charge in [0.2, 0.25) is 0 Å². The smallest absolute Gasteiger partial charge is 0.342 e. The van der Waals surface area contributed by atoms with Crippen molar-refractivity contribution in [3.63, 3.8) is 0 Å². The van der Waals surface area contributed by atoms with Crippen LogP contribution in [0.2, 0.25) is 5.02 Å². The fraction of sp³-hybridized carbons (Fsp3) is 0.0800. The Morgan fingerprint density at radius 3 is 2.09 bits per heavy atom. The molecular formula is C25H18ClNO5. The quantitative estimate of drug-likeness (QED) is 0.180. The Morgan fingerprint density at radius 1 is 0.906 bits per heavy atom. The van der Waals surface area contributed by atoms with Crippen LogP contribution in [0.15, 0.2) is 83.3 Å². The highest BCUT2D eigenvalue weighted by Gasteiger charge is 2.29. The SMILES string of the molecule is CCOC(=O)c1c(-c2ccccc2)oc(-c2ccc(Cl)cc2)c1-c1ccc([N+](=O)[O-])cc1. The maximum Gasteiger partial charge on any atom is 0.342 e. The van der Waals surface area contributed by atoms with E-state index in [4.69, 9.17) is 20.8 Å². The van der Waals surface area contributed by atoms with E-state index in [1.807, 2.05) is 30.3 Å². The van der Waals surface area contributed by atoms with Crippen molar-refractivity contribution in [2.24, 2.45) is 0 Å². The van der Waals surface area contributed by atoms with Crippen LogP contribution in [0.4, 0.5) is 5.69 Å². The van der Waals surface area contributed by atoms with Gasteiger partial charge in [0.1, 0.15) is 17.1 Å². The molecule has 1 aromatic heterocycles. The zero-order valence-corrected chi connectivity index (χ0v) is 17.8. The standard InChI is InChI=1S/C25H18ClNO5/c1-2-31-25(28)22-21(16-10-14-20(15-11-16)27(29)30)23(18-8-12-19(26)13-9-18)32-24(22)17-6-4-3-5-7-17/h3-15H,2H2,1H3. The van der Waals surface area contributed by atoms with Crippen molar-refractivity contribution >= 4 is 23.3 Å². The van der Waals surface area contributed by atoms with Crippen molar-refractivity contribution in [3.8, 4) is 33.8 Å². The second-order valence-corrected chi connectivity index (χ2v) is 7.34. The summed E-state index contributed by atoms with van der Waals surface area (Å²) >= 11 is 6.06. The topological polar surface area (TPSA) is 82.6 Å². The number of nitrogens with zero attached hydrogens (tertiary/aromatic N) is 1. The molecule has 0 spiro atoms. The normalized spacial score (nSPS) is 10.7. The van der Waals surface area contributed by atoms with Crippen molar-refractivity contribution < 1.29 is 18.9 Å². The molecular weight excluding hydrogens is 430 g/mol. The first kappa shape index (κ1) is 21.3. The summed E-state index contributed by atoms with van der Waals surface area (Å²) in [6.07, 6.45) is 0. The molecule has 4 aromatic rings. The Balaban J connectivity index is 2.03. The highest BCUT2D eigenvalue weighted by molar-refractivity contribution is 6.30. The number of carbonyl (C=O) groups excluding carboxylic acids is 1. The maximum absolute atomic E-state index is 13.1. The van der Waals surface area contributed by atoms with Crippen LogP contribution in [0.25, 0.3) is 33.8 Å². The molecule has 0 aliphatic heterocycles. The molecule has 1 heterocycles. The fourth-order valence-corrected chi connectivity index (χ4v) is 3.58. The number of ether oxygens (including phenoxy) is 1. The summed E-state index contributed by atoms with van der Waals surface area (Å²) in [7, 11) is 0. The number of nitro benzene ring substituents is 1. The van der Waals surface area contributed by atoms with E-state index in [1.54, 1.807) is 43.3 Å². The van der Waals surface area contributed by atoms with Gasteiger partial charge in [-0.1, -0.05) is 41.9 Å². The van der Waals surface area contributed by atoms with Crippen molar-refractivity contribution in [1.29, 1.82) is 0 Å². The van der Waals surface area contributed by atoms with Crippen molar-refractivity contribution in [2.75, 3.05) is 6.61 Å². The van der Waals surface area contributed by atoms with Crippen LogP contribution in [-0.2, 0) is 4.74 Å². The molecule has 0 N–H and O–H groups in total. The van der Waals surface area contributed by atoms with E-state index in [0.717, 1.165) is 0 Å². The summed E-state index contributed by atoms with van der Waals surface area (Å²) in [6.45, 7) is 1.92. The number of furan rings is 1. The third-order valence-electron chi connectivity index (χ3n) is 4.90. The first-order valence-electron chi connectivity index (χ1n) is 9.89. The number of benzene rings is 3. The zero-order valence-electron chi connectivity index (χ0n) is 17.1. The Morgan fingerprint density at radius 2 is 1.50 bits per heavy atom. The third-order valence-corrected chi connectivity index (χ3v) is 5.15. The monoisotopic (exact) mass is 447 g/mol. The van der Waals surface area contributed by atoms with Gasteiger partial charge in [-0.15, -0.1) is 0 Å². The van der Waals surface area contributed by atoms with Gasteiger partial charge in [-0.05, 0) is 48.9 Å². The van der Waals surface area contributed by atoms with Gasteiger partial charge in [-0.3, -0.25) is 10.1 Å². The van der Waals surface area contributed by atoms with E-state index in [-0.39, 0.29) is 17.9 Å². The molecule has 0 bridgehead atoms. The van der Waals surface area contributed by atoms with Gasteiger partial charge in [0, 0.05) is 33.8 Å². The van der Waals surface area contributed by atoms with Crippen LogP contribution < -0.4 is 0 Å². The lowest BCUT2D eigenvalue weighted by Crippen LogP contribution is -2.06. The minimum Gasteiger partial charge on any atom is -0.462 e. The van der Waals surface area contributed by atoms with Crippen LogP contribution in [-0.4, -0.2) is 17.5 Å². The lowest BCUT2D eigenvalue weighted by atomic mass is 9.95. The van der Waals surface area contributed by atoms with E-state index in [2.05, 4.69) is 0 Å². The summed E-state index contributed by atoms with van der Waals surface area (Å²) in [5, 5.41) is 11.7. The van der Waals surface area contributed by atoms with Crippen molar-refractivity contribution in [2.45, 2.75) is 6.92 Å². The van der Waals surface area contributed by atoms with Gasteiger partial charge < -0.3 is 9.15 Å². The van der Waals surface area contributed by atoms with E-state index in [9.17, 15) is 14.9 Å². The molecule has 0 aliphatic rings. The first-order chi connectivity index (χ1) is 15.5. The Bertz CT molecular complexity index is 1260. The van der Waals surface area contributed by atoms with Gasteiger partial charge in [-0.2, -0.15) is 0 Å². The Hall–Kier alpha value is -3.90. The number of hydrogen-bond donors (Lipinski definition) is 0. The lowest BCUT2D eigenvalue weighted by Gasteiger charge is -2.07. The molecule has 7 heteroatoms. The number of rotatable bonds is 6. The van der Waals surface area contributed by atoms with Crippen LogP contribution in [0, 0.1) is 10.1 Å². The molecule has 160 valence electrons. The minimum atomic E-state index is -0.538. The van der Waals surface area contributed by atoms with Crippen LogP contribution >= 0.6 is 11.6 Å². The largest absolute Gasteiger partial charge is 0.462 e. The summed E-state index contributed by atoms with van der Waals surface area (Å²) in [5.74, 6) is 0.267. The molecule has 0 amide bonds. The molecule has 0 fully saturated rings. The number of halogens is 1. The number of esters is 1. The van der Waals surface area contributed by atoms with Gasteiger partial charge >= 0.3 is 5.97 Å². The third kappa shape index (κ3) is 4.13. The van der Waals surface area contributed by atoms with Gasteiger partial charge in [0.05, 0.1) is 11.5 Å². The van der Waals surface area contributed by atoms with Gasteiger partial charge in [0.15, 0.2) is 0 Å². The molecule has 0 atom stereocenters. The first-order valence-corrected chi connectivity index (χ1v) is 10.3. The van der Waals surface area contributed by atoms with Gasteiger partial charge in [0.25, 0.3) is 5.69 Å². The second kappa shape index (κ2) is 9.08. The summed E-state index contributed by atoms with van der Waals surface area (Å²) in [4.78, 5) is 23.7.